The lowest BCUT2D eigenvalue weighted by Crippen LogP contribution is -2.26. The van der Waals surface area contributed by atoms with Gasteiger partial charge in [0, 0.05) is 19.4 Å². The molecule has 0 aliphatic carbocycles. The molecule has 1 N–H and O–H groups in total. The summed E-state index contributed by atoms with van der Waals surface area (Å²) in [5.41, 5.74) is 0. The summed E-state index contributed by atoms with van der Waals surface area (Å²) >= 11 is 0. The highest BCUT2D eigenvalue weighted by atomic mass is 32.2. The summed E-state index contributed by atoms with van der Waals surface area (Å²) in [5, 5.41) is 0. The van der Waals surface area contributed by atoms with Gasteiger partial charge in [-0.3, -0.25) is 0 Å². The standard InChI is InChI=1S/C12H15N3O3S/c1-15(9-12-13-7-8-14-12)19(16,17)11-5-3-10(18-2)4-6-11/h3-8H,9H2,1-2H3,(H,13,14). The number of benzene rings is 1. The second-order valence-electron chi connectivity index (χ2n) is 3.97. The number of aromatic nitrogens is 2. The first-order chi connectivity index (χ1) is 9.04. The Hall–Kier alpha value is -1.86. The summed E-state index contributed by atoms with van der Waals surface area (Å²) in [6.45, 7) is 0.196. The fourth-order valence-corrected chi connectivity index (χ4v) is 2.74. The lowest BCUT2D eigenvalue weighted by Gasteiger charge is -2.16. The molecule has 2 rings (SSSR count). The Balaban J connectivity index is 2.20. The number of nitrogens with zero attached hydrogens (tertiary/aromatic N) is 2. The van der Waals surface area contributed by atoms with Gasteiger partial charge in [-0.15, -0.1) is 0 Å². The average Bonchev–Trinajstić information content (AvgIpc) is 2.91. The number of hydrogen-bond acceptors (Lipinski definition) is 4. The van der Waals surface area contributed by atoms with E-state index in [2.05, 4.69) is 9.97 Å². The first-order valence-electron chi connectivity index (χ1n) is 5.62. The van der Waals surface area contributed by atoms with Crippen LogP contribution in [0.5, 0.6) is 5.75 Å². The molecule has 0 aliphatic rings. The second-order valence-corrected chi connectivity index (χ2v) is 6.02. The normalized spacial score (nSPS) is 11.7. The van der Waals surface area contributed by atoms with Gasteiger partial charge >= 0.3 is 0 Å². The van der Waals surface area contributed by atoms with Crippen molar-refractivity contribution in [3.05, 3.63) is 42.5 Å². The minimum absolute atomic E-state index is 0.196. The van der Waals surface area contributed by atoms with Crippen LogP contribution >= 0.6 is 0 Å². The highest BCUT2D eigenvalue weighted by molar-refractivity contribution is 7.89. The van der Waals surface area contributed by atoms with Crippen molar-refractivity contribution >= 4 is 10.0 Å². The molecule has 102 valence electrons. The van der Waals surface area contributed by atoms with Crippen molar-refractivity contribution in [2.75, 3.05) is 14.2 Å². The van der Waals surface area contributed by atoms with Crippen LogP contribution in [0.15, 0.2) is 41.6 Å². The van der Waals surface area contributed by atoms with Gasteiger partial charge in [0.05, 0.1) is 18.6 Å². The summed E-state index contributed by atoms with van der Waals surface area (Å²) < 4.78 is 30.9. The fraction of sp³-hybridized carbons (Fsp3) is 0.250. The van der Waals surface area contributed by atoms with Crippen molar-refractivity contribution in [3.8, 4) is 5.75 Å². The molecule has 0 saturated carbocycles. The number of rotatable bonds is 5. The zero-order valence-electron chi connectivity index (χ0n) is 10.7. The van der Waals surface area contributed by atoms with Crippen molar-refractivity contribution in [2.45, 2.75) is 11.4 Å². The van der Waals surface area contributed by atoms with Crippen molar-refractivity contribution in [3.63, 3.8) is 0 Å². The second kappa shape index (κ2) is 5.41. The largest absolute Gasteiger partial charge is 0.497 e. The molecule has 0 spiro atoms. The quantitative estimate of drug-likeness (QED) is 0.894. The lowest BCUT2D eigenvalue weighted by atomic mass is 10.3. The van der Waals surface area contributed by atoms with Gasteiger partial charge in [-0.2, -0.15) is 4.31 Å². The van der Waals surface area contributed by atoms with E-state index in [0.29, 0.717) is 11.6 Å². The summed E-state index contributed by atoms with van der Waals surface area (Å²) in [4.78, 5) is 7.11. The highest BCUT2D eigenvalue weighted by Crippen LogP contribution is 2.19. The maximum Gasteiger partial charge on any atom is 0.243 e. The molecular formula is C12H15N3O3S. The molecule has 2 aromatic rings. The average molecular weight is 281 g/mol. The number of H-pyrrole nitrogens is 1. The minimum atomic E-state index is -3.52. The van der Waals surface area contributed by atoms with Crippen LogP contribution in [0.2, 0.25) is 0 Å². The lowest BCUT2D eigenvalue weighted by molar-refractivity contribution is 0.414. The van der Waals surface area contributed by atoms with Crippen LogP contribution in [0.3, 0.4) is 0 Å². The molecule has 0 fully saturated rings. The van der Waals surface area contributed by atoms with Gasteiger partial charge in [-0.1, -0.05) is 0 Å². The van der Waals surface area contributed by atoms with E-state index in [1.165, 1.54) is 30.6 Å². The molecule has 0 unspecified atom stereocenters. The Morgan fingerprint density at radius 2 is 2.00 bits per heavy atom. The molecule has 0 bridgehead atoms. The maximum atomic E-state index is 12.3. The van der Waals surface area contributed by atoms with Crippen LogP contribution in [0.25, 0.3) is 0 Å². The van der Waals surface area contributed by atoms with Crippen LogP contribution in [0.1, 0.15) is 5.82 Å². The minimum Gasteiger partial charge on any atom is -0.497 e. The van der Waals surface area contributed by atoms with E-state index < -0.39 is 10.0 Å². The van der Waals surface area contributed by atoms with Gasteiger partial charge in [0.1, 0.15) is 11.6 Å². The van der Waals surface area contributed by atoms with E-state index in [1.807, 2.05) is 0 Å². The smallest absolute Gasteiger partial charge is 0.243 e. The Bertz CT molecular complexity index is 621. The van der Waals surface area contributed by atoms with Crippen molar-refractivity contribution < 1.29 is 13.2 Å². The molecule has 1 heterocycles. The third-order valence-corrected chi connectivity index (χ3v) is 4.51. The van der Waals surface area contributed by atoms with E-state index >= 15 is 0 Å². The SMILES string of the molecule is COc1ccc(S(=O)(=O)N(C)Cc2ncc[nH]2)cc1. The molecule has 1 aromatic carbocycles. The molecule has 6 nitrogen and oxygen atoms in total. The molecule has 0 saturated heterocycles. The predicted molar refractivity (Wildman–Crippen MR) is 70.2 cm³/mol. The number of aromatic amines is 1. The third kappa shape index (κ3) is 2.94. The molecule has 0 atom stereocenters. The van der Waals surface area contributed by atoms with Crippen LogP contribution in [0.4, 0.5) is 0 Å². The number of ether oxygens (including phenoxy) is 1. The highest BCUT2D eigenvalue weighted by Gasteiger charge is 2.21. The Labute approximate surface area is 112 Å². The van der Waals surface area contributed by atoms with E-state index in [4.69, 9.17) is 4.74 Å². The van der Waals surface area contributed by atoms with E-state index in [0.717, 1.165) is 0 Å². The molecule has 0 radical (unpaired) electrons. The number of methoxy groups -OCH3 is 1. The van der Waals surface area contributed by atoms with Crippen molar-refractivity contribution in [1.29, 1.82) is 0 Å². The topological polar surface area (TPSA) is 75.3 Å². The zero-order valence-corrected chi connectivity index (χ0v) is 11.5. The number of hydrogen-bond donors (Lipinski definition) is 1. The Kier molecular flexibility index (Phi) is 3.87. The first-order valence-corrected chi connectivity index (χ1v) is 7.06. The molecule has 7 heteroatoms. The van der Waals surface area contributed by atoms with Gasteiger partial charge in [0.15, 0.2) is 0 Å². The van der Waals surface area contributed by atoms with Gasteiger partial charge in [0.2, 0.25) is 10.0 Å². The number of nitrogens with one attached hydrogen (secondary N) is 1. The van der Waals surface area contributed by atoms with Crippen molar-refractivity contribution in [2.24, 2.45) is 0 Å². The van der Waals surface area contributed by atoms with Crippen LogP contribution in [-0.4, -0.2) is 36.8 Å². The zero-order chi connectivity index (χ0) is 13.9. The van der Waals surface area contributed by atoms with Gasteiger partial charge < -0.3 is 9.72 Å². The van der Waals surface area contributed by atoms with Crippen LogP contribution in [-0.2, 0) is 16.6 Å². The Morgan fingerprint density at radius 3 is 2.53 bits per heavy atom. The summed E-state index contributed by atoms with van der Waals surface area (Å²) in [7, 11) is -0.472. The predicted octanol–water partition coefficient (Wildman–Crippen LogP) is 1.24. The van der Waals surface area contributed by atoms with Crippen molar-refractivity contribution in [1.82, 2.24) is 14.3 Å². The van der Waals surface area contributed by atoms with E-state index in [9.17, 15) is 8.42 Å². The summed E-state index contributed by atoms with van der Waals surface area (Å²) in [6.07, 6.45) is 3.24. The number of sulfonamides is 1. The van der Waals surface area contributed by atoms with Gasteiger partial charge in [0.25, 0.3) is 0 Å². The third-order valence-electron chi connectivity index (χ3n) is 2.69. The molecule has 19 heavy (non-hydrogen) atoms. The fourth-order valence-electron chi connectivity index (χ4n) is 1.61. The van der Waals surface area contributed by atoms with Gasteiger partial charge in [-0.25, -0.2) is 13.4 Å². The van der Waals surface area contributed by atoms with E-state index in [-0.39, 0.29) is 11.4 Å². The molecule has 0 amide bonds. The molecule has 0 aliphatic heterocycles. The monoisotopic (exact) mass is 281 g/mol. The number of imidazole rings is 1. The molecular weight excluding hydrogens is 266 g/mol. The molecule has 1 aromatic heterocycles. The maximum absolute atomic E-state index is 12.3. The first kappa shape index (κ1) is 13.6. The van der Waals surface area contributed by atoms with Crippen LogP contribution in [0, 0.1) is 0 Å². The summed E-state index contributed by atoms with van der Waals surface area (Å²) in [5.74, 6) is 1.22. The van der Waals surface area contributed by atoms with Gasteiger partial charge in [-0.05, 0) is 24.3 Å². The summed E-state index contributed by atoms with van der Waals surface area (Å²) in [6, 6.07) is 6.28. The Morgan fingerprint density at radius 1 is 1.32 bits per heavy atom. The van der Waals surface area contributed by atoms with E-state index in [1.54, 1.807) is 24.5 Å². The van der Waals surface area contributed by atoms with Crippen LogP contribution < -0.4 is 4.74 Å².